The van der Waals surface area contributed by atoms with E-state index in [1.54, 1.807) is 0 Å². The zero-order valence-corrected chi connectivity index (χ0v) is 17.4. The maximum Gasteiger partial charge on any atom is 0.221 e. The summed E-state index contributed by atoms with van der Waals surface area (Å²) in [5.41, 5.74) is 5.43. The zero-order valence-electron chi connectivity index (χ0n) is 15.1. The lowest BCUT2D eigenvalue weighted by molar-refractivity contribution is -0.123. The van der Waals surface area contributed by atoms with Crippen LogP contribution in [0.2, 0.25) is 0 Å². The van der Waals surface area contributed by atoms with E-state index in [2.05, 4.69) is 20.5 Å². The summed E-state index contributed by atoms with van der Waals surface area (Å²) < 4.78 is 5.87. The van der Waals surface area contributed by atoms with E-state index >= 15 is 0 Å². The third kappa shape index (κ3) is 5.68. The summed E-state index contributed by atoms with van der Waals surface area (Å²) in [6.45, 7) is 3.74. The number of guanidine groups is 1. The smallest absolute Gasteiger partial charge is 0.221 e. The number of carbonyl (C=O) groups excluding carboxylic acids is 1. The highest BCUT2D eigenvalue weighted by molar-refractivity contribution is 14.0. The van der Waals surface area contributed by atoms with Crippen LogP contribution in [0, 0.1) is 5.92 Å². The molecule has 3 saturated heterocycles. The number of nitrogens with zero attached hydrogens (tertiary/aromatic N) is 2. The summed E-state index contributed by atoms with van der Waals surface area (Å²) in [6, 6.07) is 0.397. The van der Waals surface area contributed by atoms with Gasteiger partial charge in [0.2, 0.25) is 5.91 Å². The largest absolute Gasteiger partial charge is 0.373 e. The molecule has 3 heterocycles. The van der Waals surface area contributed by atoms with E-state index in [0.717, 1.165) is 64.2 Å². The molecule has 8 heteroatoms. The van der Waals surface area contributed by atoms with Gasteiger partial charge in [-0.3, -0.25) is 9.79 Å². The lowest BCUT2D eigenvalue weighted by atomic mass is 9.96. The van der Waals surface area contributed by atoms with Crippen LogP contribution in [0.15, 0.2) is 4.99 Å². The number of rotatable bonds is 6. The minimum Gasteiger partial charge on any atom is -0.373 e. The van der Waals surface area contributed by atoms with Gasteiger partial charge in [0.25, 0.3) is 0 Å². The molecule has 0 radical (unpaired) electrons. The first-order valence-corrected chi connectivity index (χ1v) is 9.30. The number of hydrogen-bond donors (Lipinski definition) is 3. The van der Waals surface area contributed by atoms with Crippen molar-refractivity contribution in [3.63, 3.8) is 0 Å². The van der Waals surface area contributed by atoms with Crippen LogP contribution in [0.5, 0.6) is 0 Å². The van der Waals surface area contributed by atoms with Crippen LogP contribution >= 0.6 is 24.0 Å². The van der Waals surface area contributed by atoms with Gasteiger partial charge in [0, 0.05) is 20.1 Å². The standard InChI is InChI=1S/C17H31N5O2.HI/c1-19-17(21-14-10-13-5-6-15(14)24-13)20-7-3-9-22-8-2-4-12(11-22)16(18)23;/h12-15H,2-11H2,1H3,(H2,18,23)(H2,19,20,21);1H. The highest BCUT2D eigenvalue weighted by Gasteiger charge is 2.41. The molecule has 3 rings (SSSR count). The molecule has 3 fully saturated rings. The normalized spacial score (nSPS) is 32.3. The topological polar surface area (TPSA) is 92.0 Å². The number of ether oxygens (including phenoxy) is 1. The molecule has 2 bridgehead atoms. The van der Waals surface area contributed by atoms with Gasteiger partial charge in [0.05, 0.1) is 24.2 Å². The number of piperidine rings is 1. The number of fused-ring (bicyclic) bond motifs is 2. The molecule has 0 aromatic heterocycles. The molecule has 4 atom stereocenters. The van der Waals surface area contributed by atoms with Crippen molar-refractivity contribution in [1.82, 2.24) is 15.5 Å². The average molecular weight is 465 g/mol. The number of likely N-dealkylation sites (tertiary alicyclic amines) is 1. The Morgan fingerprint density at radius 1 is 1.36 bits per heavy atom. The molecular formula is C17H32IN5O2. The molecule has 25 heavy (non-hydrogen) atoms. The number of nitrogens with one attached hydrogen (secondary N) is 2. The van der Waals surface area contributed by atoms with Crippen LogP contribution in [-0.2, 0) is 9.53 Å². The van der Waals surface area contributed by atoms with E-state index < -0.39 is 0 Å². The summed E-state index contributed by atoms with van der Waals surface area (Å²) in [4.78, 5) is 18.0. The molecule has 3 aliphatic heterocycles. The number of hydrogen-bond acceptors (Lipinski definition) is 4. The summed E-state index contributed by atoms with van der Waals surface area (Å²) in [5.74, 6) is 0.735. The number of primary amides is 1. The molecule has 4 N–H and O–H groups in total. The van der Waals surface area contributed by atoms with Gasteiger partial charge < -0.3 is 26.0 Å². The molecule has 4 unspecified atom stereocenters. The van der Waals surface area contributed by atoms with Crippen molar-refractivity contribution < 1.29 is 9.53 Å². The van der Waals surface area contributed by atoms with Gasteiger partial charge in [-0.15, -0.1) is 24.0 Å². The minimum absolute atomic E-state index is 0. The second kappa shape index (κ2) is 9.91. The van der Waals surface area contributed by atoms with E-state index in [1.165, 1.54) is 6.42 Å². The molecule has 0 saturated carbocycles. The fourth-order valence-corrected chi connectivity index (χ4v) is 4.16. The first-order chi connectivity index (χ1) is 11.7. The Hall–Kier alpha value is -0.610. The van der Waals surface area contributed by atoms with Crippen LogP contribution in [0.3, 0.4) is 0 Å². The van der Waals surface area contributed by atoms with Gasteiger partial charge in [-0.2, -0.15) is 0 Å². The fourth-order valence-electron chi connectivity index (χ4n) is 4.16. The minimum atomic E-state index is -0.157. The van der Waals surface area contributed by atoms with E-state index in [0.29, 0.717) is 18.2 Å². The Balaban J connectivity index is 0.00000225. The predicted molar refractivity (Wildman–Crippen MR) is 109 cm³/mol. The quantitative estimate of drug-likeness (QED) is 0.232. The Morgan fingerprint density at radius 3 is 2.84 bits per heavy atom. The Morgan fingerprint density at radius 2 is 2.20 bits per heavy atom. The van der Waals surface area contributed by atoms with E-state index in [9.17, 15) is 4.79 Å². The van der Waals surface area contributed by atoms with Gasteiger partial charge in [-0.25, -0.2) is 0 Å². The SMILES string of the molecule is CN=C(NCCCN1CCCC(C(N)=O)C1)NC1CC2CCC1O2.I. The molecule has 0 aromatic carbocycles. The summed E-state index contributed by atoms with van der Waals surface area (Å²) in [7, 11) is 1.81. The Kier molecular flexibility index (Phi) is 8.21. The van der Waals surface area contributed by atoms with Gasteiger partial charge in [0.1, 0.15) is 0 Å². The van der Waals surface area contributed by atoms with Crippen LogP contribution < -0.4 is 16.4 Å². The molecule has 144 valence electrons. The molecule has 3 aliphatic rings. The molecule has 7 nitrogen and oxygen atoms in total. The van der Waals surface area contributed by atoms with Gasteiger partial charge in [0.15, 0.2) is 5.96 Å². The maximum absolute atomic E-state index is 11.3. The first kappa shape index (κ1) is 20.7. The van der Waals surface area contributed by atoms with Crippen molar-refractivity contribution in [1.29, 1.82) is 0 Å². The monoisotopic (exact) mass is 465 g/mol. The average Bonchev–Trinajstić information content (AvgIpc) is 3.20. The number of carbonyl (C=O) groups is 1. The number of amides is 1. The first-order valence-electron chi connectivity index (χ1n) is 9.30. The van der Waals surface area contributed by atoms with E-state index in [4.69, 9.17) is 10.5 Å². The van der Waals surface area contributed by atoms with Gasteiger partial charge in [-0.05, 0) is 51.6 Å². The van der Waals surface area contributed by atoms with Crippen molar-refractivity contribution in [2.45, 2.75) is 56.8 Å². The Labute approximate surface area is 167 Å². The van der Waals surface area contributed by atoms with Crippen molar-refractivity contribution >= 4 is 35.8 Å². The summed E-state index contributed by atoms with van der Waals surface area (Å²) >= 11 is 0. The van der Waals surface area contributed by atoms with Crippen LogP contribution in [-0.4, -0.2) is 68.2 Å². The highest BCUT2D eigenvalue weighted by atomic mass is 127. The van der Waals surface area contributed by atoms with Crippen molar-refractivity contribution in [3.05, 3.63) is 0 Å². The van der Waals surface area contributed by atoms with Crippen LogP contribution in [0.4, 0.5) is 0 Å². The second-order valence-corrected chi connectivity index (χ2v) is 7.26. The third-order valence-corrected chi connectivity index (χ3v) is 5.50. The lowest BCUT2D eigenvalue weighted by Crippen LogP contribution is -2.48. The van der Waals surface area contributed by atoms with Gasteiger partial charge in [-0.1, -0.05) is 0 Å². The van der Waals surface area contributed by atoms with Crippen LogP contribution in [0.1, 0.15) is 38.5 Å². The molecule has 1 amide bonds. The van der Waals surface area contributed by atoms with Crippen molar-refractivity contribution in [2.24, 2.45) is 16.6 Å². The zero-order chi connectivity index (χ0) is 16.9. The van der Waals surface area contributed by atoms with Gasteiger partial charge >= 0.3 is 0 Å². The molecule has 0 aromatic rings. The Bertz CT molecular complexity index is 476. The third-order valence-electron chi connectivity index (χ3n) is 5.50. The summed E-state index contributed by atoms with van der Waals surface area (Å²) in [5, 5.41) is 6.89. The molecule has 0 aliphatic carbocycles. The molecular weight excluding hydrogens is 433 g/mol. The highest BCUT2D eigenvalue weighted by Crippen LogP contribution is 2.34. The van der Waals surface area contributed by atoms with E-state index in [-0.39, 0.29) is 35.8 Å². The van der Waals surface area contributed by atoms with Crippen LogP contribution in [0.25, 0.3) is 0 Å². The van der Waals surface area contributed by atoms with Crippen molar-refractivity contribution in [2.75, 3.05) is 33.2 Å². The summed E-state index contributed by atoms with van der Waals surface area (Å²) in [6.07, 6.45) is 7.29. The number of nitrogens with two attached hydrogens (primary N) is 1. The number of aliphatic imine (C=N–C) groups is 1. The van der Waals surface area contributed by atoms with Crippen molar-refractivity contribution in [3.8, 4) is 0 Å². The van der Waals surface area contributed by atoms with E-state index in [1.807, 2.05) is 7.05 Å². The fraction of sp³-hybridized carbons (Fsp3) is 0.882. The number of halogens is 1. The predicted octanol–water partition coefficient (Wildman–Crippen LogP) is 0.677. The maximum atomic E-state index is 11.3. The second-order valence-electron chi connectivity index (χ2n) is 7.26. The molecule has 0 spiro atoms. The lowest BCUT2D eigenvalue weighted by Gasteiger charge is -2.31.